The van der Waals surface area contributed by atoms with Crippen molar-refractivity contribution in [2.75, 3.05) is 91.3 Å². The van der Waals surface area contributed by atoms with E-state index in [1.807, 2.05) is 6.92 Å². The third-order valence-electron chi connectivity index (χ3n) is 9.72. The van der Waals surface area contributed by atoms with Crippen LogP contribution in [0.3, 0.4) is 0 Å². The maximum Gasteiger partial charge on any atom is 0.320 e. The van der Waals surface area contributed by atoms with E-state index in [2.05, 4.69) is 26.6 Å². The van der Waals surface area contributed by atoms with Crippen LogP contribution < -0.4 is 32.3 Å². The van der Waals surface area contributed by atoms with E-state index in [-0.39, 0.29) is 88.8 Å². The SMILES string of the molecule is CCN[C@@H](CCCCNC(=O)COCCOCCNC(=O)COCCOCCNC(=O)[C@@H](N)CCCCNC(=O)CCCCCCCCCCCCCCCS(=O)(=O)O)C(=O)O. The molecule has 4 amide bonds. The van der Waals surface area contributed by atoms with E-state index in [1.165, 1.54) is 38.5 Å². The summed E-state index contributed by atoms with van der Waals surface area (Å²) in [5, 5.41) is 23.1. The minimum absolute atomic E-state index is 0.0566. The molecule has 9 N–H and O–H groups in total. The predicted molar refractivity (Wildman–Crippen MR) is 237 cm³/mol. The fraction of sp³-hybridized carbons (Fsp3) is 0.881. The van der Waals surface area contributed by atoms with Gasteiger partial charge in [0.25, 0.3) is 10.1 Å². The summed E-state index contributed by atoms with van der Waals surface area (Å²) >= 11 is 0. The van der Waals surface area contributed by atoms with E-state index in [0.717, 1.165) is 51.4 Å². The highest BCUT2D eigenvalue weighted by molar-refractivity contribution is 7.85. The second-order valence-corrected chi connectivity index (χ2v) is 16.9. The number of hydrogen-bond donors (Lipinski definition) is 8. The van der Waals surface area contributed by atoms with E-state index in [0.29, 0.717) is 64.7 Å². The Morgan fingerprint density at radius 2 is 0.968 bits per heavy atom. The standard InChI is InChI=1S/C42H82N6O13S/c1-2-44-37(42(53)54)21-16-18-24-46-39(50)34-60-31-29-58-27-25-47-40(51)35-61-32-30-59-28-26-48-41(52)36(43)20-15-17-23-45-38(49)22-14-12-10-8-6-4-3-5-7-9-11-13-19-33-62(55,56)57/h36-37,44H,2-35,43H2,1H3,(H,45,49)(H,46,50)(H,47,51)(H,48,52)(H,53,54)(H,55,56,57)/t36-,37-/m0/s1. The molecular weight excluding hydrogens is 829 g/mol. The second-order valence-electron chi connectivity index (χ2n) is 15.3. The fourth-order valence-electron chi connectivity index (χ4n) is 6.22. The predicted octanol–water partition coefficient (Wildman–Crippen LogP) is 2.60. The number of ether oxygens (including phenoxy) is 4. The van der Waals surface area contributed by atoms with E-state index >= 15 is 0 Å². The molecule has 0 aliphatic heterocycles. The molecule has 19 nitrogen and oxygen atoms in total. The number of carboxylic acid groups (broad SMARTS) is 1. The number of nitrogens with two attached hydrogens (primary N) is 1. The summed E-state index contributed by atoms with van der Waals surface area (Å²) in [6, 6.07) is -1.21. The molecule has 2 atom stereocenters. The van der Waals surface area contributed by atoms with Crippen molar-refractivity contribution in [1.29, 1.82) is 0 Å². The zero-order valence-corrected chi connectivity index (χ0v) is 38.4. The molecule has 0 spiro atoms. The average Bonchev–Trinajstić information content (AvgIpc) is 3.22. The van der Waals surface area contributed by atoms with Gasteiger partial charge in [-0.15, -0.1) is 0 Å². The summed E-state index contributed by atoms with van der Waals surface area (Å²) < 4.78 is 51.5. The number of unbranched alkanes of at least 4 members (excludes halogenated alkanes) is 14. The van der Waals surface area contributed by atoms with Gasteiger partial charge in [-0.1, -0.05) is 77.6 Å². The van der Waals surface area contributed by atoms with Crippen LogP contribution in [0.15, 0.2) is 0 Å². The lowest BCUT2D eigenvalue weighted by Gasteiger charge is -2.13. The number of carbonyl (C=O) groups is 5. The summed E-state index contributed by atoms with van der Waals surface area (Å²) in [6.45, 7) is 5.27. The quantitative estimate of drug-likeness (QED) is 0.0322. The zero-order valence-electron chi connectivity index (χ0n) is 37.6. The van der Waals surface area contributed by atoms with Crippen molar-refractivity contribution in [3.8, 4) is 0 Å². The van der Waals surface area contributed by atoms with Gasteiger partial charge in [0.15, 0.2) is 0 Å². The van der Waals surface area contributed by atoms with Gasteiger partial charge >= 0.3 is 5.97 Å². The van der Waals surface area contributed by atoms with Crippen molar-refractivity contribution >= 4 is 39.7 Å². The van der Waals surface area contributed by atoms with Crippen LogP contribution in [-0.2, 0) is 53.0 Å². The first-order chi connectivity index (χ1) is 29.9. The monoisotopic (exact) mass is 911 g/mol. The number of carbonyl (C=O) groups excluding carboxylic acids is 4. The lowest BCUT2D eigenvalue weighted by Crippen LogP contribution is -2.41. The Kier molecular flexibility index (Phi) is 40.0. The molecule has 0 aliphatic rings. The van der Waals surface area contributed by atoms with Crippen LogP contribution in [0, 0.1) is 0 Å². The third kappa shape index (κ3) is 42.3. The van der Waals surface area contributed by atoms with Crippen molar-refractivity contribution in [3.05, 3.63) is 0 Å². The van der Waals surface area contributed by atoms with Crippen molar-refractivity contribution in [2.24, 2.45) is 5.73 Å². The molecule has 0 aromatic heterocycles. The van der Waals surface area contributed by atoms with Gasteiger partial charge in [0.1, 0.15) is 19.3 Å². The maximum absolute atomic E-state index is 12.3. The van der Waals surface area contributed by atoms with Gasteiger partial charge in [-0.05, 0) is 57.9 Å². The molecule has 0 aromatic rings. The summed E-state index contributed by atoms with van der Waals surface area (Å²) in [4.78, 5) is 59.2. The molecular formula is C42H82N6O13S. The zero-order chi connectivity index (χ0) is 45.9. The first-order valence-electron chi connectivity index (χ1n) is 22.9. The van der Waals surface area contributed by atoms with Crippen LogP contribution in [0.1, 0.15) is 135 Å². The minimum Gasteiger partial charge on any atom is -0.480 e. The van der Waals surface area contributed by atoms with Gasteiger partial charge in [0.2, 0.25) is 23.6 Å². The number of likely N-dealkylation sites (N-methyl/N-ethyl adjacent to an activating group) is 1. The van der Waals surface area contributed by atoms with Gasteiger partial charge in [0.05, 0.1) is 51.4 Å². The van der Waals surface area contributed by atoms with Crippen LogP contribution >= 0.6 is 0 Å². The lowest BCUT2D eigenvalue weighted by molar-refractivity contribution is -0.139. The van der Waals surface area contributed by atoms with Crippen LogP contribution in [0.5, 0.6) is 0 Å². The van der Waals surface area contributed by atoms with Crippen LogP contribution in [-0.4, -0.2) is 151 Å². The molecule has 0 saturated carbocycles. The van der Waals surface area contributed by atoms with E-state index in [1.54, 1.807) is 0 Å². The van der Waals surface area contributed by atoms with Crippen molar-refractivity contribution < 1.29 is 61.0 Å². The van der Waals surface area contributed by atoms with E-state index < -0.39 is 28.2 Å². The van der Waals surface area contributed by atoms with Crippen LogP contribution in [0.25, 0.3) is 0 Å². The normalized spacial score (nSPS) is 12.4. The first-order valence-corrected chi connectivity index (χ1v) is 24.5. The number of nitrogens with one attached hydrogen (secondary N) is 5. The molecule has 20 heteroatoms. The summed E-state index contributed by atoms with van der Waals surface area (Å²) in [5.41, 5.74) is 6.00. The molecule has 0 bridgehead atoms. The second kappa shape index (κ2) is 42.0. The number of aliphatic carboxylic acids is 1. The van der Waals surface area contributed by atoms with Gasteiger partial charge in [-0.2, -0.15) is 8.42 Å². The number of amides is 4. The van der Waals surface area contributed by atoms with E-state index in [4.69, 9.17) is 34.3 Å². The van der Waals surface area contributed by atoms with Gasteiger partial charge in [0, 0.05) is 32.6 Å². The third-order valence-corrected chi connectivity index (χ3v) is 10.5. The summed E-state index contributed by atoms with van der Waals surface area (Å²) in [6.07, 6.45) is 18.1. The Morgan fingerprint density at radius 3 is 1.47 bits per heavy atom. The first kappa shape index (κ1) is 59.0. The van der Waals surface area contributed by atoms with Crippen LogP contribution in [0.4, 0.5) is 0 Å². The molecule has 0 aromatic carbocycles. The molecule has 0 radical (unpaired) electrons. The Bertz CT molecular complexity index is 1270. The van der Waals surface area contributed by atoms with Crippen LogP contribution in [0.2, 0.25) is 0 Å². The van der Waals surface area contributed by atoms with Crippen molar-refractivity contribution in [3.63, 3.8) is 0 Å². The Balaban J connectivity index is 3.50. The van der Waals surface area contributed by atoms with Crippen molar-refractivity contribution in [1.82, 2.24) is 26.6 Å². The van der Waals surface area contributed by atoms with Gasteiger partial charge in [-0.25, -0.2) is 0 Å². The van der Waals surface area contributed by atoms with Crippen molar-refractivity contribution in [2.45, 2.75) is 147 Å². The maximum atomic E-state index is 12.3. The Morgan fingerprint density at radius 1 is 0.532 bits per heavy atom. The topological polar surface area (TPSA) is 283 Å². The largest absolute Gasteiger partial charge is 0.480 e. The summed E-state index contributed by atoms with van der Waals surface area (Å²) in [7, 11) is -3.82. The molecule has 0 rings (SSSR count). The Labute approximate surface area is 370 Å². The van der Waals surface area contributed by atoms with Gasteiger partial charge in [-0.3, -0.25) is 28.5 Å². The lowest BCUT2D eigenvalue weighted by atomic mass is 10.0. The highest BCUT2D eigenvalue weighted by Crippen LogP contribution is 2.13. The molecule has 0 unspecified atom stereocenters. The van der Waals surface area contributed by atoms with Gasteiger partial charge < -0.3 is 56.4 Å². The number of carboxylic acids is 1. The number of hydrogen-bond acceptors (Lipinski definition) is 13. The molecule has 0 aliphatic carbocycles. The molecule has 364 valence electrons. The molecule has 0 saturated heterocycles. The Hall–Kier alpha value is -2.98. The highest BCUT2D eigenvalue weighted by atomic mass is 32.2. The average molecular weight is 911 g/mol. The number of rotatable bonds is 46. The highest BCUT2D eigenvalue weighted by Gasteiger charge is 2.15. The summed E-state index contributed by atoms with van der Waals surface area (Å²) in [5.74, 6) is -1.77. The fourth-order valence-corrected chi connectivity index (χ4v) is 6.79. The minimum atomic E-state index is -3.82. The molecule has 0 heterocycles. The molecule has 0 fully saturated rings. The van der Waals surface area contributed by atoms with E-state index in [9.17, 15) is 32.4 Å². The smallest absolute Gasteiger partial charge is 0.320 e. The molecule has 62 heavy (non-hydrogen) atoms.